The SMILES string of the molecule is C#CCC(C)NC(=O)c1cc(OC)cs1. The van der Waals surface area contributed by atoms with E-state index in [9.17, 15) is 4.79 Å². The van der Waals surface area contributed by atoms with Crippen molar-refractivity contribution in [3.63, 3.8) is 0 Å². The van der Waals surface area contributed by atoms with E-state index in [1.165, 1.54) is 11.3 Å². The molecule has 0 aliphatic heterocycles. The Labute approximate surface area is 93.5 Å². The van der Waals surface area contributed by atoms with Crippen molar-refractivity contribution in [1.82, 2.24) is 5.32 Å². The molecule has 3 nitrogen and oxygen atoms in total. The lowest BCUT2D eigenvalue weighted by Gasteiger charge is -2.09. The molecule has 1 amide bonds. The third-order valence-corrected chi connectivity index (χ3v) is 2.74. The fourth-order valence-corrected chi connectivity index (χ4v) is 1.83. The van der Waals surface area contributed by atoms with Gasteiger partial charge in [-0.1, -0.05) is 0 Å². The van der Waals surface area contributed by atoms with E-state index in [2.05, 4.69) is 11.2 Å². The van der Waals surface area contributed by atoms with Gasteiger partial charge in [0.15, 0.2) is 0 Å². The largest absolute Gasteiger partial charge is 0.496 e. The van der Waals surface area contributed by atoms with Crippen molar-refractivity contribution in [2.45, 2.75) is 19.4 Å². The molecule has 0 saturated heterocycles. The van der Waals surface area contributed by atoms with Crippen LogP contribution in [0, 0.1) is 12.3 Å². The smallest absolute Gasteiger partial charge is 0.261 e. The summed E-state index contributed by atoms with van der Waals surface area (Å²) in [6, 6.07) is 1.71. The van der Waals surface area contributed by atoms with Crippen molar-refractivity contribution < 1.29 is 9.53 Å². The monoisotopic (exact) mass is 223 g/mol. The molecule has 0 radical (unpaired) electrons. The summed E-state index contributed by atoms with van der Waals surface area (Å²) in [5.41, 5.74) is 0. The zero-order chi connectivity index (χ0) is 11.3. The Bertz CT molecular complexity index is 378. The molecule has 0 bridgehead atoms. The van der Waals surface area contributed by atoms with Crippen molar-refractivity contribution >= 4 is 17.2 Å². The first kappa shape index (κ1) is 11.6. The number of ether oxygens (including phenoxy) is 1. The van der Waals surface area contributed by atoms with Crippen LogP contribution in [-0.2, 0) is 0 Å². The first-order chi connectivity index (χ1) is 7.17. The number of hydrogen-bond acceptors (Lipinski definition) is 3. The Kier molecular flexibility index (Phi) is 4.19. The predicted octanol–water partition coefficient (Wildman–Crippen LogP) is 1.90. The highest BCUT2D eigenvalue weighted by Gasteiger charge is 2.11. The molecule has 0 spiro atoms. The number of nitrogens with one attached hydrogen (secondary N) is 1. The number of amides is 1. The van der Waals surface area contributed by atoms with Gasteiger partial charge in [-0.2, -0.15) is 0 Å². The van der Waals surface area contributed by atoms with Gasteiger partial charge in [0.05, 0.1) is 12.0 Å². The van der Waals surface area contributed by atoms with Gasteiger partial charge in [0.25, 0.3) is 5.91 Å². The Morgan fingerprint density at radius 2 is 2.53 bits per heavy atom. The van der Waals surface area contributed by atoms with Gasteiger partial charge in [-0.15, -0.1) is 23.7 Å². The minimum atomic E-state index is -0.106. The van der Waals surface area contributed by atoms with Gasteiger partial charge >= 0.3 is 0 Å². The highest BCUT2D eigenvalue weighted by atomic mass is 32.1. The Balaban J connectivity index is 2.57. The van der Waals surface area contributed by atoms with Gasteiger partial charge in [0, 0.05) is 23.9 Å². The summed E-state index contributed by atoms with van der Waals surface area (Å²) in [4.78, 5) is 12.3. The Morgan fingerprint density at radius 1 is 1.80 bits per heavy atom. The second-order valence-corrected chi connectivity index (χ2v) is 4.04. The minimum Gasteiger partial charge on any atom is -0.496 e. The summed E-state index contributed by atoms with van der Waals surface area (Å²) in [5, 5.41) is 4.60. The van der Waals surface area contributed by atoms with E-state index in [-0.39, 0.29) is 11.9 Å². The normalized spacial score (nSPS) is 11.5. The first-order valence-electron chi connectivity index (χ1n) is 4.54. The lowest BCUT2D eigenvalue weighted by atomic mass is 10.2. The maximum absolute atomic E-state index is 11.6. The van der Waals surface area contributed by atoms with Crippen LogP contribution in [0.25, 0.3) is 0 Å². The quantitative estimate of drug-likeness (QED) is 0.792. The third kappa shape index (κ3) is 3.30. The van der Waals surface area contributed by atoms with Gasteiger partial charge in [0.1, 0.15) is 5.75 Å². The highest BCUT2D eigenvalue weighted by Crippen LogP contribution is 2.20. The molecule has 1 aromatic heterocycles. The zero-order valence-electron chi connectivity index (χ0n) is 8.74. The average molecular weight is 223 g/mol. The molecule has 1 unspecified atom stereocenters. The van der Waals surface area contributed by atoms with Crippen LogP contribution in [0.1, 0.15) is 23.0 Å². The fraction of sp³-hybridized carbons (Fsp3) is 0.364. The van der Waals surface area contributed by atoms with E-state index in [1.54, 1.807) is 18.6 Å². The maximum Gasteiger partial charge on any atom is 0.261 e. The van der Waals surface area contributed by atoms with Crippen LogP contribution in [0.3, 0.4) is 0 Å². The van der Waals surface area contributed by atoms with Crippen LogP contribution in [0.15, 0.2) is 11.4 Å². The van der Waals surface area contributed by atoms with Crippen LogP contribution in [0.5, 0.6) is 5.75 Å². The van der Waals surface area contributed by atoms with E-state index in [0.717, 1.165) is 0 Å². The molecular weight excluding hydrogens is 210 g/mol. The van der Waals surface area contributed by atoms with Crippen molar-refractivity contribution in [2.75, 3.05) is 7.11 Å². The molecule has 1 rings (SSSR count). The summed E-state index contributed by atoms with van der Waals surface area (Å²) in [6.45, 7) is 1.88. The van der Waals surface area contributed by atoms with Crippen LogP contribution >= 0.6 is 11.3 Å². The van der Waals surface area contributed by atoms with Crippen LogP contribution < -0.4 is 10.1 Å². The summed E-state index contributed by atoms with van der Waals surface area (Å²) >= 11 is 1.35. The van der Waals surface area contributed by atoms with Crippen molar-refractivity contribution in [3.8, 4) is 18.1 Å². The molecule has 0 saturated carbocycles. The fourth-order valence-electron chi connectivity index (χ4n) is 1.07. The number of rotatable bonds is 4. The number of terminal acetylenes is 1. The molecule has 0 aliphatic rings. The lowest BCUT2D eigenvalue weighted by molar-refractivity contribution is 0.0945. The molecule has 1 N–H and O–H groups in total. The summed E-state index contributed by atoms with van der Waals surface area (Å²) < 4.78 is 5.00. The lowest BCUT2D eigenvalue weighted by Crippen LogP contribution is -2.31. The predicted molar refractivity (Wildman–Crippen MR) is 61.2 cm³/mol. The maximum atomic E-state index is 11.6. The number of carbonyl (C=O) groups excluding carboxylic acids is 1. The van der Waals surface area contributed by atoms with Crippen LogP contribution in [-0.4, -0.2) is 19.1 Å². The first-order valence-corrected chi connectivity index (χ1v) is 5.42. The number of thiophene rings is 1. The van der Waals surface area contributed by atoms with E-state index in [4.69, 9.17) is 11.2 Å². The summed E-state index contributed by atoms with van der Waals surface area (Å²) in [6.07, 6.45) is 5.69. The molecular formula is C11H13NO2S. The molecule has 1 aromatic rings. The van der Waals surface area contributed by atoms with E-state index >= 15 is 0 Å². The molecule has 1 atom stereocenters. The second kappa shape index (κ2) is 5.42. The van der Waals surface area contributed by atoms with E-state index in [0.29, 0.717) is 17.0 Å². The average Bonchev–Trinajstić information content (AvgIpc) is 2.66. The zero-order valence-corrected chi connectivity index (χ0v) is 9.56. The molecule has 80 valence electrons. The van der Waals surface area contributed by atoms with Gasteiger partial charge in [0.2, 0.25) is 0 Å². The van der Waals surface area contributed by atoms with E-state index in [1.807, 2.05) is 6.92 Å². The van der Waals surface area contributed by atoms with Crippen molar-refractivity contribution in [3.05, 3.63) is 16.3 Å². The Morgan fingerprint density at radius 3 is 3.07 bits per heavy atom. The number of carbonyl (C=O) groups is 1. The standard InChI is InChI=1S/C11H13NO2S/c1-4-5-8(2)12-11(13)10-6-9(14-3)7-15-10/h1,6-8H,5H2,2-3H3,(H,12,13). The van der Waals surface area contributed by atoms with Crippen molar-refractivity contribution in [1.29, 1.82) is 0 Å². The Hall–Kier alpha value is -1.47. The van der Waals surface area contributed by atoms with Gasteiger partial charge < -0.3 is 10.1 Å². The minimum absolute atomic E-state index is 0.00408. The van der Waals surface area contributed by atoms with Crippen LogP contribution in [0.4, 0.5) is 0 Å². The number of hydrogen-bond donors (Lipinski definition) is 1. The van der Waals surface area contributed by atoms with Crippen LogP contribution in [0.2, 0.25) is 0 Å². The summed E-state index contributed by atoms with van der Waals surface area (Å²) in [7, 11) is 1.57. The molecule has 15 heavy (non-hydrogen) atoms. The van der Waals surface area contributed by atoms with Gasteiger partial charge in [-0.25, -0.2) is 0 Å². The van der Waals surface area contributed by atoms with E-state index < -0.39 is 0 Å². The van der Waals surface area contributed by atoms with Gasteiger partial charge in [-0.3, -0.25) is 4.79 Å². The molecule has 4 heteroatoms. The molecule has 0 aromatic carbocycles. The van der Waals surface area contributed by atoms with Crippen molar-refractivity contribution in [2.24, 2.45) is 0 Å². The topological polar surface area (TPSA) is 38.3 Å². The molecule has 1 heterocycles. The summed E-state index contributed by atoms with van der Waals surface area (Å²) in [5.74, 6) is 3.10. The highest BCUT2D eigenvalue weighted by molar-refractivity contribution is 7.12. The number of methoxy groups -OCH3 is 1. The molecule has 0 aliphatic carbocycles. The third-order valence-electron chi connectivity index (χ3n) is 1.84. The second-order valence-electron chi connectivity index (χ2n) is 3.13. The molecule has 0 fully saturated rings. The van der Waals surface area contributed by atoms with Gasteiger partial charge in [-0.05, 0) is 6.92 Å².